The molecule has 1 heterocycles. The average Bonchev–Trinajstić information content (AvgIpc) is 2.08. The van der Waals surface area contributed by atoms with E-state index >= 15 is 0 Å². The highest BCUT2D eigenvalue weighted by atomic mass is 35.5. The zero-order valence-corrected chi connectivity index (χ0v) is 6.32. The van der Waals surface area contributed by atoms with Gasteiger partial charge in [0.1, 0.15) is 0 Å². The van der Waals surface area contributed by atoms with E-state index in [1.807, 2.05) is 0 Å². The van der Waals surface area contributed by atoms with Gasteiger partial charge in [0, 0.05) is 0 Å². The molecule has 0 aliphatic rings. The van der Waals surface area contributed by atoms with Crippen LogP contribution in [0.5, 0.6) is 0 Å². The quantitative estimate of drug-likeness (QED) is 0.594. The van der Waals surface area contributed by atoms with Crippen LogP contribution in [0.4, 0.5) is 17.6 Å². The first-order chi connectivity index (χ1) is 4.91. The van der Waals surface area contributed by atoms with Crippen LogP contribution in [0.2, 0.25) is 4.47 Å². The second kappa shape index (κ2) is 2.60. The van der Waals surface area contributed by atoms with Crippen LogP contribution in [0.1, 0.15) is 4.88 Å². The highest BCUT2D eigenvalue weighted by molar-refractivity contribution is 7.15. The zero-order chi connectivity index (χ0) is 8.65. The minimum Gasteiger partial charge on any atom is -0.196 e. The van der Waals surface area contributed by atoms with Gasteiger partial charge >= 0.3 is 6.18 Å². The molecule has 62 valence electrons. The number of nitrogens with zero attached hydrogens (tertiary/aromatic N) is 1. The maximum Gasteiger partial charge on any atom is 0.430 e. The largest absolute Gasteiger partial charge is 0.430 e. The molecule has 0 aliphatic carbocycles. The van der Waals surface area contributed by atoms with Crippen molar-refractivity contribution in [2.45, 2.75) is 6.18 Å². The summed E-state index contributed by atoms with van der Waals surface area (Å²) in [6.45, 7) is 0. The molecule has 0 atom stereocenters. The topological polar surface area (TPSA) is 12.9 Å². The summed E-state index contributed by atoms with van der Waals surface area (Å²) in [6.07, 6.45) is -4.70. The van der Waals surface area contributed by atoms with Gasteiger partial charge < -0.3 is 0 Å². The molecular weight excluding hydrogens is 206 g/mol. The van der Waals surface area contributed by atoms with E-state index in [9.17, 15) is 17.6 Å². The lowest BCUT2D eigenvalue weighted by atomic mass is 10.5. The zero-order valence-electron chi connectivity index (χ0n) is 4.75. The lowest BCUT2D eigenvalue weighted by molar-refractivity contribution is -0.136. The smallest absolute Gasteiger partial charge is 0.196 e. The number of aromatic nitrogens is 1. The molecule has 0 amide bonds. The van der Waals surface area contributed by atoms with Crippen LogP contribution in [0, 0.1) is 5.95 Å². The van der Waals surface area contributed by atoms with Crippen LogP contribution in [0.25, 0.3) is 0 Å². The predicted octanol–water partition coefficient (Wildman–Crippen LogP) is 2.95. The van der Waals surface area contributed by atoms with Crippen molar-refractivity contribution in [1.29, 1.82) is 0 Å². The number of hydrogen-bond donors (Lipinski definition) is 0. The minimum atomic E-state index is -4.70. The Morgan fingerprint density at radius 2 is 1.91 bits per heavy atom. The maximum atomic E-state index is 12.2. The molecule has 1 rings (SSSR count). The van der Waals surface area contributed by atoms with E-state index in [0.717, 1.165) is 0 Å². The normalized spacial score (nSPS) is 12.1. The van der Waals surface area contributed by atoms with Gasteiger partial charge in [-0.05, 0) is 0 Å². The Labute approximate surface area is 67.6 Å². The predicted molar refractivity (Wildman–Crippen MR) is 32.1 cm³/mol. The Hall–Kier alpha value is -0.360. The van der Waals surface area contributed by atoms with Gasteiger partial charge in [0.05, 0.1) is 0 Å². The van der Waals surface area contributed by atoms with Crippen LogP contribution >= 0.6 is 22.9 Å². The molecular formula is C4ClF4NS. The second-order valence-corrected chi connectivity index (χ2v) is 3.17. The van der Waals surface area contributed by atoms with Gasteiger partial charge in [-0.1, -0.05) is 22.9 Å². The van der Waals surface area contributed by atoms with Crippen molar-refractivity contribution in [1.82, 2.24) is 4.98 Å². The van der Waals surface area contributed by atoms with Crippen molar-refractivity contribution >= 4 is 22.9 Å². The summed E-state index contributed by atoms with van der Waals surface area (Å²) in [5.41, 5.74) is 0. The summed E-state index contributed by atoms with van der Waals surface area (Å²) in [6, 6.07) is 0. The summed E-state index contributed by atoms with van der Waals surface area (Å²) in [4.78, 5) is 1.39. The molecule has 1 aromatic heterocycles. The SMILES string of the molecule is Fc1nc(Cl)sc1C(F)(F)F. The third-order valence-corrected chi connectivity index (χ3v) is 2.00. The summed E-state index contributed by atoms with van der Waals surface area (Å²) in [5.74, 6) is -1.56. The molecule has 7 heteroatoms. The summed E-state index contributed by atoms with van der Waals surface area (Å²) in [7, 11) is 0. The van der Waals surface area contributed by atoms with Crippen LogP contribution in [-0.4, -0.2) is 4.98 Å². The van der Waals surface area contributed by atoms with Gasteiger partial charge in [0.2, 0.25) is 5.95 Å². The van der Waals surface area contributed by atoms with Crippen LogP contribution in [0.3, 0.4) is 0 Å². The Balaban J connectivity index is 3.13. The molecule has 0 spiro atoms. The Morgan fingerprint density at radius 1 is 1.36 bits per heavy atom. The maximum absolute atomic E-state index is 12.2. The fraction of sp³-hybridized carbons (Fsp3) is 0.250. The third-order valence-electron chi connectivity index (χ3n) is 0.817. The van der Waals surface area contributed by atoms with Crippen molar-refractivity contribution in [3.05, 3.63) is 15.3 Å². The molecule has 0 bridgehead atoms. The van der Waals surface area contributed by atoms with E-state index < -0.39 is 21.5 Å². The Morgan fingerprint density at radius 3 is 2.09 bits per heavy atom. The molecule has 0 unspecified atom stereocenters. The second-order valence-electron chi connectivity index (χ2n) is 1.58. The van der Waals surface area contributed by atoms with Crippen LogP contribution in [0.15, 0.2) is 0 Å². The lowest BCUT2D eigenvalue weighted by Gasteiger charge is -1.99. The molecule has 0 radical (unpaired) electrons. The molecule has 0 saturated carbocycles. The van der Waals surface area contributed by atoms with Crippen molar-refractivity contribution in [2.75, 3.05) is 0 Å². The van der Waals surface area contributed by atoms with Crippen molar-refractivity contribution in [3.63, 3.8) is 0 Å². The van der Waals surface area contributed by atoms with E-state index in [1.165, 1.54) is 0 Å². The monoisotopic (exact) mass is 205 g/mol. The van der Waals surface area contributed by atoms with Gasteiger partial charge in [-0.3, -0.25) is 0 Å². The molecule has 0 saturated heterocycles. The minimum absolute atomic E-state index is 0.0756. The molecule has 1 nitrogen and oxygen atoms in total. The Bertz CT molecular complexity index is 268. The van der Waals surface area contributed by atoms with Crippen molar-refractivity contribution in [3.8, 4) is 0 Å². The number of thiazole rings is 1. The Kier molecular flexibility index (Phi) is 2.06. The van der Waals surface area contributed by atoms with E-state index in [2.05, 4.69) is 4.98 Å². The molecule has 0 aromatic carbocycles. The first-order valence-corrected chi connectivity index (χ1v) is 3.49. The molecule has 0 fully saturated rings. The van der Waals surface area contributed by atoms with Gasteiger partial charge in [0.15, 0.2) is 9.34 Å². The van der Waals surface area contributed by atoms with Crippen LogP contribution < -0.4 is 0 Å². The van der Waals surface area contributed by atoms with Gasteiger partial charge in [-0.2, -0.15) is 22.5 Å². The lowest BCUT2D eigenvalue weighted by Crippen LogP contribution is -2.04. The van der Waals surface area contributed by atoms with Gasteiger partial charge in [-0.25, -0.2) is 0 Å². The number of rotatable bonds is 0. The summed E-state index contributed by atoms with van der Waals surface area (Å²) in [5, 5.41) is 0. The fourth-order valence-corrected chi connectivity index (χ4v) is 1.30. The average molecular weight is 206 g/mol. The summed E-state index contributed by atoms with van der Waals surface area (Å²) < 4.78 is 47.0. The molecule has 11 heavy (non-hydrogen) atoms. The van der Waals surface area contributed by atoms with Gasteiger partial charge in [-0.15, -0.1) is 0 Å². The number of hydrogen-bond acceptors (Lipinski definition) is 2. The number of halogens is 5. The highest BCUT2D eigenvalue weighted by Gasteiger charge is 2.37. The van der Waals surface area contributed by atoms with Crippen LogP contribution in [-0.2, 0) is 6.18 Å². The molecule has 0 N–H and O–H groups in total. The number of alkyl halides is 3. The first-order valence-electron chi connectivity index (χ1n) is 2.30. The van der Waals surface area contributed by atoms with E-state index in [4.69, 9.17) is 11.6 Å². The third kappa shape index (κ3) is 1.81. The highest BCUT2D eigenvalue weighted by Crippen LogP contribution is 2.36. The van der Waals surface area contributed by atoms with E-state index in [1.54, 1.807) is 0 Å². The first kappa shape index (κ1) is 8.73. The van der Waals surface area contributed by atoms with Gasteiger partial charge in [0.25, 0.3) is 0 Å². The molecule has 0 aliphatic heterocycles. The standard InChI is InChI=1S/C4ClF4NS/c5-3-10-2(6)1(11-3)4(7,8)9. The molecule has 1 aromatic rings. The fourth-order valence-electron chi connectivity index (χ4n) is 0.452. The van der Waals surface area contributed by atoms with Crippen molar-refractivity contribution in [2.24, 2.45) is 0 Å². The van der Waals surface area contributed by atoms with Crippen molar-refractivity contribution < 1.29 is 17.6 Å². The van der Waals surface area contributed by atoms with E-state index in [0.29, 0.717) is 0 Å². The van der Waals surface area contributed by atoms with E-state index in [-0.39, 0.29) is 11.3 Å². The summed E-state index contributed by atoms with van der Waals surface area (Å²) >= 11 is 5.11.